The highest BCUT2D eigenvalue weighted by Crippen LogP contribution is 2.27. The fourth-order valence-corrected chi connectivity index (χ4v) is 2.78. The van der Waals surface area contributed by atoms with Crippen molar-refractivity contribution in [3.63, 3.8) is 0 Å². The van der Waals surface area contributed by atoms with Crippen molar-refractivity contribution in [2.24, 2.45) is 5.92 Å². The van der Waals surface area contributed by atoms with Crippen molar-refractivity contribution in [3.05, 3.63) is 41.9 Å². The number of anilines is 1. The molecule has 3 heterocycles. The van der Waals surface area contributed by atoms with E-state index in [4.69, 9.17) is 0 Å². The van der Waals surface area contributed by atoms with Gasteiger partial charge in [0.15, 0.2) is 0 Å². The molecule has 6 nitrogen and oxygen atoms in total. The van der Waals surface area contributed by atoms with Gasteiger partial charge in [0.1, 0.15) is 12.1 Å². The van der Waals surface area contributed by atoms with E-state index in [1.54, 1.807) is 24.9 Å². The van der Waals surface area contributed by atoms with E-state index in [1.807, 2.05) is 13.8 Å². The summed E-state index contributed by atoms with van der Waals surface area (Å²) in [7, 11) is 0. The molecule has 0 aliphatic carbocycles. The number of hydrogen-bond acceptors (Lipinski definition) is 6. The summed E-state index contributed by atoms with van der Waals surface area (Å²) in [5, 5.41) is 10.3. The maximum Gasteiger partial charge on any atom is 0.135 e. The first kappa shape index (κ1) is 13.9. The van der Waals surface area contributed by atoms with E-state index in [1.165, 1.54) is 0 Å². The third-order valence-electron chi connectivity index (χ3n) is 4.10. The zero-order chi connectivity index (χ0) is 14.8. The second-order valence-electron chi connectivity index (χ2n) is 5.54. The minimum absolute atomic E-state index is 0.149. The monoisotopic (exact) mass is 285 g/mol. The third-order valence-corrected chi connectivity index (χ3v) is 4.10. The van der Waals surface area contributed by atoms with Crippen LogP contribution in [-0.2, 0) is 6.42 Å². The van der Waals surface area contributed by atoms with Crippen LogP contribution in [-0.4, -0.2) is 44.2 Å². The molecule has 2 aromatic rings. The van der Waals surface area contributed by atoms with Gasteiger partial charge >= 0.3 is 0 Å². The number of aliphatic hydroxyl groups is 1. The van der Waals surface area contributed by atoms with Crippen molar-refractivity contribution in [2.45, 2.75) is 26.4 Å². The molecule has 0 aromatic carbocycles. The zero-order valence-corrected chi connectivity index (χ0v) is 12.3. The first-order valence-electron chi connectivity index (χ1n) is 7.11. The Hall–Kier alpha value is -2.08. The Kier molecular flexibility index (Phi) is 3.79. The van der Waals surface area contributed by atoms with Crippen molar-refractivity contribution in [3.8, 4) is 0 Å². The van der Waals surface area contributed by atoms with Crippen LogP contribution in [0.5, 0.6) is 0 Å². The van der Waals surface area contributed by atoms with E-state index in [0.717, 1.165) is 35.7 Å². The van der Waals surface area contributed by atoms with Gasteiger partial charge in [-0.2, -0.15) is 0 Å². The summed E-state index contributed by atoms with van der Waals surface area (Å²) in [5.41, 5.74) is 2.97. The SMILES string of the molecule is Cc1ncnc(N2C[C@@H](Cc3cnccn3)[C@H](O)C2)c1C. The molecule has 21 heavy (non-hydrogen) atoms. The highest BCUT2D eigenvalue weighted by molar-refractivity contribution is 5.48. The van der Waals surface area contributed by atoms with Gasteiger partial charge in [0.25, 0.3) is 0 Å². The molecule has 0 radical (unpaired) electrons. The van der Waals surface area contributed by atoms with Crippen LogP contribution in [0.3, 0.4) is 0 Å². The average Bonchev–Trinajstić information content (AvgIpc) is 2.84. The minimum Gasteiger partial charge on any atom is -0.391 e. The molecule has 0 bridgehead atoms. The van der Waals surface area contributed by atoms with Crippen LogP contribution >= 0.6 is 0 Å². The molecule has 1 fully saturated rings. The van der Waals surface area contributed by atoms with Gasteiger partial charge in [0.2, 0.25) is 0 Å². The first-order valence-corrected chi connectivity index (χ1v) is 7.11. The largest absolute Gasteiger partial charge is 0.391 e. The van der Waals surface area contributed by atoms with E-state index in [2.05, 4.69) is 24.8 Å². The molecule has 1 N–H and O–H groups in total. The second kappa shape index (κ2) is 5.73. The molecule has 6 heteroatoms. The molecule has 110 valence electrons. The molecule has 1 saturated heterocycles. The Balaban J connectivity index is 1.75. The van der Waals surface area contributed by atoms with Gasteiger partial charge in [0.05, 0.1) is 11.8 Å². The summed E-state index contributed by atoms with van der Waals surface area (Å²) >= 11 is 0. The summed E-state index contributed by atoms with van der Waals surface area (Å²) in [6.45, 7) is 5.37. The standard InChI is InChI=1S/C15H19N5O/c1-10-11(2)18-9-19-15(10)20-7-12(14(21)8-20)5-13-6-16-3-4-17-13/h3-4,6,9,12,14,21H,5,7-8H2,1-2H3/t12-,14-/m1/s1. The van der Waals surface area contributed by atoms with Crippen molar-refractivity contribution >= 4 is 5.82 Å². The maximum absolute atomic E-state index is 10.3. The van der Waals surface area contributed by atoms with Crippen LogP contribution in [0.4, 0.5) is 5.82 Å². The highest BCUT2D eigenvalue weighted by atomic mass is 16.3. The van der Waals surface area contributed by atoms with Gasteiger partial charge < -0.3 is 10.0 Å². The Morgan fingerprint density at radius 2 is 2.05 bits per heavy atom. The van der Waals surface area contributed by atoms with Crippen molar-refractivity contribution in [1.29, 1.82) is 0 Å². The molecule has 0 amide bonds. The molecule has 0 saturated carbocycles. The van der Waals surface area contributed by atoms with Crippen LogP contribution in [0.1, 0.15) is 17.0 Å². The van der Waals surface area contributed by atoms with E-state index in [0.29, 0.717) is 6.54 Å². The Morgan fingerprint density at radius 3 is 2.81 bits per heavy atom. The smallest absolute Gasteiger partial charge is 0.135 e. The fraction of sp³-hybridized carbons (Fsp3) is 0.467. The Bertz CT molecular complexity index is 619. The van der Waals surface area contributed by atoms with Gasteiger partial charge in [0, 0.05) is 48.9 Å². The summed E-state index contributed by atoms with van der Waals surface area (Å²) < 4.78 is 0. The van der Waals surface area contributed by atoms with Crippen LogP contribution in [0.2, 0.25) is 0 Å². The number of rotatable bonds is 3. The predicted octanol–water partition coefficient (Wildman–Crippen LogP) is 0.923. The number of aryl methyl sites for hydroxylation is 1. The quantitative estimate of drug-likeness (QED) is 0.904. The normalized spacial score (nSPS) is 21.8. The lowest BCUT2D eigenvalue weighted by Crippen LogP contribution is -2.23. The molecule has 3 rings (SSSR count). The Morgan fingerprint density at radius 1 is 1.19 bits per heavy atom. The molecular weight excluding hydrogens is 266 g/mol. The van der Waals surface area contributed by atoms with Gasteiger partial charge in [-0.05, 0) is 20.3 Å². The van der Waals surface area contributed by atoms with Gasteiger partial charge in [-0.1, -0.05) is 0 Å². The van der Waals surface area contributed by atoms with E-state index in [-0.39, 0.29) is 12.0 Å². The average molecular weight is 285 g/mol. The molecule has 2 atom stereocenters. The molecular formula is C15H19N5O. The summed E-state index contributed by atoms with van der Waals surface area (Å²) in [5.74, 6) is 1.07. The van der Waals surface area contributed by atoms with E-state index >= 15 is 0 Å². The first-order chi connectivity index (χ1) is 10.1. The number of aliphatic hydroxyl groups excluding tert-OH is 1. The predicted molar refractivity (Wildman–Crippen MR) is 79.0 cm³/mol. The number of aromatic nitrogens is 4. The highest BCUT2D eigenvalue weighted by Gasteiger charge is 2.33. The van der Waals surface area contributed by atoms with Gasteiger partial charge in [-0.25, -0.2) is 9.97 Å². The summed E-state index contributed by atoms with van der Waals surface area (Å²) in [4.78, 5) is 19.1. The minimum atomic E-state index is -0.373. The lowest BCUT2D eigenvalue weighted by molar-refractivity contribution is 0.147. The zero-order valence-electron chi connectivity index (χ0n) is 12.3. The fourth-order valence-electron chi connectivity index (χ4n) is 2.78. The third kappa shape index (κ3) is 2.85. The van der Waals surface area contributed by atoms with Gasteiger partial charge in [-0.3, -0.25) is 9.97 Å². The maximum atomic E-state index is 10.3. The molecule has 2 aromatic heterocycles. The molecule has 0 spiro atoms. The number of hydrogen-bond donors (Lipinski definition) is 1. The van der Waals surface area contributed by atoms with E-state index < -0.39 is 0 Å². The van der Waals surface area contributed by atoms with Gasteiger partial charge in [-0.15, -0.1) is 0 Å². The lowest BCUT2D eigenvalue weighted by Gasteiger charge is -2.19. The van der Waals surface area contributed by atoms with Crippen LogP contribution in [0.15, 0.2) is 24.9 Å². The van der Waals surface area contributed by atoms with Crippen molar-refractivity contribution in [1.82, 2.24) is 19.9 Å². The van der Waals surface area contributed by atoms with Crippen LogP contribution < -0.4 is 4.90 Å². The topological polar surface area (TPSA) is 75.0 Å². The number of nitrogens with zero attached hydrogens (tertiary/aromatic N) is 5. The number of β-amino-alcohol motifs (C(OH)–C–C–N with tert-alkyl or cyclic N) is 1. The van der Waals surface area contributed by atoms with Crippen LogP contribution in [0, 0.1) is 19.8 Å². The van der Waals surface area contributed by atoms with E-state index in [9.17, 15) is 5.11 Å². The summed E-state index contributed by atoms with van der Waals surface area (Å²) in [6.07, 6.45) is 7.05. The van der Waals surface area contributed by atoms with Crippen molar-refractivity contribution in [2.75, 3.05) is 18.0 Å². The van der Waals surface area contributed by atoms with Crippen molar-refractivity contribution < 1.29 is 5.11 Å². The molecule has 0 unspecified atom stereocenters. The lowest BCUT2D eigenvalue weighted by atomic mass is 10.0. The second-order valence-corrected chi connectivity index (χ2v) is 5.54. The molecule has 1 aliphatic heterocycles. The summed E-state index contributed by atoms with van der Waals surface area (Å²) in [6, 6.07) is 0. The molecule has 1 aliphatic rings. The van der Waals surface area contributed by atoms with Crippen LogP contribution in [0.25, 0.3) is 0 Å². The Labute approximate surface area is 123 Å².